The van der Waals surface area contributed by atoms with E-state index in [-0.39, 0.29) is 17.4 Å². The Morgan fingerprint density at radius 2 is 1.58 bits per heavy atom. The minimum absolute atomic E-state index is 0.0170. The van der Waals surface area contributed by atoms with Crippen LogP contribution in [-0.4, -0.2) is 37.2 Å². The molecule has 0 bridgehead atoms. The Kier molecular flexibility index (Phi) is 5.14. The van der Waals surface area contributed by atoms with Gasteiger partial charge in [-0.1, -0.05) is 24.3 Å². The van der Waals surface area contributed by atoms with Crippen molar-refractivity contribution in [3.05, 3.63) is 78.4 Å². The highest BCUT2D eigenvalue weighted by atomic mass is 16.7. The molecule has 33 heavy (non-hydrogen) atoms. The number of fused-ring (bicyclic) bond motifs is 1. The fourth-order valence-electron chi connectivity index (χ4n) is 4.42. The number of methoxy groups -OCH3 is 2. The molecule has 2 heterocycles. The van der Waals surface area contributed by atoms with Crippen LogP contribution in [0.25, 0.3) is 0 Å². The van der Waals surface area contributed by atoms with E-state index in [9.17, 15) is 14.7 Å². The number of imide groups is 1. The summed E-state index contributed by atoms with van der Waals surface area (Å²) in [5.41, 5.74) is 1.84. The normalized spacial score (nSPS) is 21.9. The maximum absolute atomic E-state index is 13.6. The van der Waals surface area contributed by atoms with E-state index < -0.39 is 24.0 Å². The third kappa shape index (κ3) is 3.35. The predicted octanol–water partition coefficient (Wildman–Crippen LogP) is 3.46. The second-order valence-electron chi connectivity index (χ2n) is 7.80. The standard InChI is InChI=1S/C25H22N2O6/c1-31-18-11-9-16(10-12-18)26-24(29)21-22(15-8-13-19(28)20(14-15)32-2)27(33-23(21)25(26)30)17-6-4-3-5-7-17/h3-14,21-23,28H,1-2H3/t21-,22-,23-/m0/s1. The number of anilines is 2. The fraction of sp³-hybridized carbons (Fsp3) is 0.200. The molecular weight excluding hydrogens is 424 g/mol. The highest BCUT2D eigenvalue weighted by Crippen LogP contribution is 2.48. The van der Waals surface area contributed by atoms with Crippen molar-refractivity contribution in [1.29, 1.82) is 0 Å². The number of aromatic hydroxyl groups is 1. The van der Waals surface area contributed by atoms with Gasteiger partial charge in [0.1, 0.15) is 11.7 Å². The number of carbonyl (C=O) groups is 2. The number of amides is 2. The molecule has 0 unspecified atom stereocenters. The molecule has 3 aromatic rings. The summed E-state index contributed by atoms with van der Waals surface area (Å²) in [6.07, 6.45) is -0.982. The first-order chi connectivity index (χ1) is 16.0. The number of hydroxylamine groups is 1. The molecule has 8 nitrogen and oxygen atoms in total. The lowest BCUT2D eigenvalue weighted by atomic mass is 9.90. The van der Waals surface area contributed by atoms with Crippen molar-refractivity contribution in [3.63, 3.8) is 0 Å². The van der Waals surface area contributed by atoms with E-state index in [1.165, 1.54) is 18.1 Å². The van der Waals surface area contributed by atoms with Crippen LogP contribution in [0.4, 0.5) is 11.4 Å². The van der Waals surface area contributed by atoms with E-state index in [1.54, 1.807) is 48.6 Å². The molecule has 0 aliphatic carbocycles. The lowest BCUT2D eigenvalue weighted by molar-refractivity contribution is -0.126. The second kappa shape index (κ2) is 8.14. The maximum Gasteiger partial charge on any atom is 0.266 e. The van der Waals surface area contributed by atoms with Crippen LogP contribution in [0.3, 0.4) is 0 Å². The molecule has 0 aromatic heterocycles. The van der Waals surface area contributed by atoms with E-state index in [1.807, 2.05) is 30.3 Å². The lowest BCUT2D eigenvalue weighted by Crippen LogP contribution is -2.37. The zero-order chi connectivity index (χ0) is 23.1. The first kappa shape index (κ1) is 20.8. The van der Waals surface area contributed by atoms with Gasteiger partial charge in [0.05, 0.1) is 31.6 Å². The zero-order valence-electron chi connectivity index (χ0n) is 18.0. The summed E-state index contributed by atoms with van der Waals surface area (Å²) in [7, 11) is 3.01. The minimum atomic E-state index is -0.982. The van der Waals surface area contributed by atoms with Gasteiger partial charge in [0.25, 0.3) is 5.91 Å². The molecule has 2 amide bonds. The fourth-order valence-corrected chi connectivity index (χ4v) is 4.42. The SMILES string of the molecule is COc1ccc(N2C(=O)[C@@H]3[C@H](ON(c4ccccc4)[C@H]3c3ccc(O)c(OC)c3)C2=O)cc1. The topological polar surface area (TPSA) is 88.5 Å². The highest BCUT2D eigenvalue weighted by Gasteiger charge is 2.60. The van der Waals surface area contributed by atoms with E-state index in [0.29, 0.717) is 22.7 Å². The molecule has 168 valence electrons. The summed E-state index contributed by atoms with van der Waals surface area (Å²) >= 11 is 0. The van der Waals surface area contributed by atoms with Gasteiger partial charge in [-0.2, -0.15) is 0 Å². The van der Waals surface area contributed by atoms with Crippen molar-refractivity contribution >= 4 is 23.2 Å². The first-order valence-corrected chi connectivity index (χ1v) is 10.4. The Balaban J connectivity index is 1.58. The van der Waals surface area contributed by atoms with Crippen molar-refractivity contribution in [1.82, 2.24) is 0 Å². The molecule has 2 saturated heterocycles. The Bertz CT molecular complexity index is 1200. The van der Waals surface area contributed by atoms with Crippen LogP contribution in [-0.2, 0) is 14.4 Å². The minimum Gasteiger partial charge on any atom is -0.504 e. The van der Waals surface area contributed by atoms with Crippen molar-refractivity contribution < 1.29 is 29.0 Å². The summed E-state index contributed by atoms with van der Waals surface area (Å²) < 4.78 is 10.5. The van der Waals surface area contributed by atoms with Crippen LogP contribution < -0.4 is 19.4 Å². The number of phenolic OH excluding ortho intramolecular Hbond substituents is 1. The average molecular weight is 446 g/mol. The van der Waals surface area contributed by atoms with Crippen molar-refractivity contribution in [3.8, 4) is 17.2 Å². The summed E-state index contributed by atoms with van der Waals surface area (Å²) in [6, 6.07) is 20.3. The van der Waals surface area contributed by atoms with Gasteiger partial charge in [0.15, 0.2) is 17.6 Å². The van der Waals surface area contributed by atoms with Gasteiger partial charge in [-0.25, -0.2) is 9.96 Å². The van der Waals surface area contributed by atoms with Crippen molar-refractivity contribution in [2.45, 2.75) is 12.1 Å². The van der Waals surface area contributed by atoms with Crippen molar-refractivity contribution in [2.75, 3.05) is 24.2 Å². The van der Waals surface area contributed by atoms with Gasteiger partial charge >= 0.3 is 0 Å². The van der Waals surface area contributed by atoms with Crippen LogP contribution in [0.15, 0.2) is 72.8 Å². The number of hydrogen-bond donors (Lipinski definition) is 1. The van der Waals surface area contributed by atoms with Crippen LogP contribution in [0, 0.1) is 5.92 Å². The summed E-state index contributed by atoms with van der Waals surface area (Å²) in [5, 5.41) is 11.7. The molecule has 2 aliphatic heterocycles. The molecule has 3 aromatic carbocycles. The molecule has 0 saturated carbocycles. The van der Waals surface area contributed by atoms with Gasteiger partial charge in [0.2, 0.25) is 5.91 Å². The first-order valence-electron chi connectivity index (χ1n) is 10.4. The Labute approximate surface area is 190 Å². The number of carbonyl (C=O) groups excluding carboxylic acids is 2. The number of nitrogens with zero attached hydrogens (tertiary/aromatic N) is 2. The Hall–Kier alpha value is -4.04. The lowest BCUT2D eigenvalue weighted by Gasteiger charge is -2.29. The predicted molar refractivity (Wildman–Crippen MR) is 120 cm³/mol. The van der Waals surface area contributed by atoms with Gasteiger partial charge < -0.3 is 14.6 Å². The number of para-hydroxylation sites is 1. The number of phenols is 1. The third-order valence-corrected chi connectivity index (χ3v) is 6.00. The number of rotatable bonds is 5. The molecule has 0 spiro atoms. The van der Waals surface area contributed by atoms with E-state index in [4.69, 9.17) is 14.3 Å². The maximum atomic E-state index is 13.6. The van der Waals surface area contributed by atoms with Crippen LogP contribution in [0.2, 0.25) is 0 Å². The van der Waals surface area contributed by atoms with Gasteiger partial charge in [-0.05, 0) is 54.1 Å². The number of benzene rings is 3. The van der Waals surface area contributed by atoms with E-state index in [2.05, 4.69) is 0 Å². The van der Waals surface area contributed by atoms with Gasteiger partial charge in [-0.3, -0.25) is 14.4 Å². The largest absolute Gasteiger partial charge is 0.504 e. The molecule has 3 atom stereocenters. The molecule has 1 N–H and O–H groups in total. The quantitative estimate of drug-likeness (QED) is 0.601. The van der Waals surface area contributed by atoms with E-state index >= 15 is 0 Å². The molecule has 0 radical (unpaired) electrons. The zero-order valence-corrected chi connectivity index (χ0v) is 18.0. The molecule has 2 aliphatic rings. The smallest absolute Gasteiger partial charge is 0.266 e. The third-order valence-electron chi connectivity index (χ3n) is 6.00. The number of ether oxygens (including phenoxy) is 2. The van der Waals surface area contributed by atoms with Crippen LogP contribution >= 0.6 is 0 Å². The monoisotopic (exact) mass is 446 g/mol. The van der Waals surface area contributed by atoms with Crippen molar-refractivity contribution in [2.24, 2.45) is 5.92 Å². The second-order valence-corrected chi connectivity index (χ2v) is 7.80. The van der Waals surface area contributed by atoms with E-state index in [0.717, 1.165) is 0 Å². The van der Waals surface area contributed by atoms with Crippen LogP contribution in [0.5, 0.6) is 17.2 Å². The molecular formula is C25H22N2O6. The summed E-state index contributed by atoms with van der Waals surface area (Å²) in [6.45, 7) is 0. The highest BCUT2D eigenvalue weighted by molar-refractivity contribution is 6.23. The molecule has 5 rings (SSSR count). The van der Waals surface area contributed by atoms with Gasteiger partial charge in [0, 0.05) is 0 Å². The average Bonchev–Trinajstić information content (AvgIpc) is 3.36. The molecule has 2 fully saturated rings. The number of hydrogen-bond acceptors (Lipinski definition) is 7. The Morgan fingerprint density at radius 1 is 0.848 bits per heavy atom. The van der Waals surface area contributed by atoms with Gasteiger partial charge in [-0.15, -0.1) is 0 Å². The summed E-state index contributed by atoms with van der Waals surface area (Å²) in [5.74, 6) is -0.688. The Morgan fingerprint density at radius 3 is 2.24 bits per heavy atom. The summed E-state index contributed by atoms with van der Waals surface area (Å²) in [4.78, 5) is 34.2. The van der Waals surface area contributed by atoms with Crippen LogP contribution in [0.1, 0.15) is 11.6 Å². The molecule has 8 heteroatoms.